The van der Waals surface area contributed by atoms with E-state index < -0.39 is 0 Å². The molecule has 0 spiro atoms. The number of nitrogen functional groups attached to an aromatic ring is 1. The predicted octanol–water partition coefficient (Wildman–Crippen LogP) is 4.32. The number of aromatic nitrogens is 3. The smallest absolute Gasteiger partial charge is 0.240 e. The lowest BCUT2D eigenvalue weighted by Gasteiger charge is -2.10. The molecule has 0 amide bonds. The Labute approximate surface area is 139 Å². The largest absolute Gasteiger partial charge is 0.366 e. The maximum absolute atomic E-state index is 6.31. The first-order chi connectivity index (χ1) is 11.2. The van der Waals surface area contributed by atoms with Crippen LogP contribution in [0, 0.1) is 0 Å². The van der Waals surface area contributed by atoms with Crippen molar-refractivity contribution in [1.29, 1.82) is 0 Å². The fourth-order valence-corrected chi connectivity index (χ4v) is 2.98. The number of benzene rings is 2. The predicted molar refractivity (Wildman–Crippen MR) is 92.1 cm³/mol. The van der Waals surface area contributed by atoms with E-state index in [4.69, 9.17) is 17.3 Å². The Morgan fingerprint density at radius 1 is 0.913 bits per heavy atom. The monoisotopic (exact) mass is 322 g/mol. The first kappa shape index (κ1) is 14.2. The van der Waals surface area contributed by atoms with Crippen molar-refractivity contribution < 1.29 is 0 Å². The Hall–Kier alpha value is -2.46. The molecule has 23 heavy (non-hydrogen) atoms. The minimum Gasteiger partial charge on any atom is -0.366 e. The molecule has 0 radical (unpaired) electrons. The van der Waals surface area contributed by atoms with Crippen LogP contribution in [0.5, 0.6) is 0 Å². The Morgan fingerprint density at radius 2 is 1.70 bits per heavy atom. The van der Waals surface area contributed by atoms with Crippen LogP contribution in [0.4, 0.5) is 5.95 Å². The lowest BCUT2D eigenvalue weighted by atomic mass is 10.0. The summed E-state index contributed by atoms with van der Waals surface area (Å²) in [4.78, 5) is 4.40. The van der Waals surface area contributed by atoms with Crippen molar-refractivity contribution in [3.8, 4) is 22.5 Å². The number of nitrogens with two attached hydrogens (primary N) is 1. The van der Waals surface area contributed by atoms with E-state index in [-0.39, 0.29) is 5.95 Å². The van der Waals surface area contributed by atoms with Gasteiger partial charge in [0, 0.05) is 16.1 Å². The summed E-state index contributed by atoms with van der Waals surface area (Å²) >= 11 is 6.31. The molecule has 3 aromatic rings. The average molecular weight is 323 g/mol. The van der Waals surface area contributed by atoms with Crippen LogP contribution in [0.2, 0.25) is 5.02 Å². The molecule has 1 heterocycles. The van der Waals surface area contributed by atoms with Crippen LogP contribution in [-0.4, -0.2) is 15.2 Å². The van der Waals surface area contributed by atoms with Crippen molar-refractivity contribution in [2.24, 2.45) is 0 Å². The van der Waals surface area contributed by atoms with Gasteiger partial charge in [0.05, 0.1) is 0 Å². The second-order valence-electron chi connectivity index (χ2n) is 5.78. The summed E-state index contributed by atoms with van der Waals surface area (Å²) < 4.78 is 0. The number of rotatable bonds is 3. The Morgan fingerprint density at radius 3 is 2.43 bits per heavy atom. The molecular formula is C18H15ClN4. The van der Waals surface area contributed by atoms with E-state index in [0.29, 0.717) is 16.6 Å². The van der Waals surface area contributed by atoms with Crippen LogP contribution >= 0.6 is 11.6 Å². The molecule has 4 rings (SSSR count). The highest BCUT2D eigenvalue weighted by Gasteiger charge is 2.25. The molecule has 5 heteroatoms. The van der Waals surface area contributed by atoms with Crippen molar-refractivity contribution in [2.75, 3.05) is 5.73 Å². The van der Waals surface area contributed by atoms with Gasteiger partial charge in [-0.2, -0.15) is 0 Å². The maximum Gasteiger partial charge on any atom is 0.240 e. The van der Waals surface area contributed by atoms with Crippen LogP contribution in [-0.2, 0) is 0 Å². The molecule has 0 saturated heterocycles. The highest BCUT2D eigenvalue weighted by atomic mass is 35.5. The molecule has 2 aromatic carbocycles. The topological polar surface area (TPSA) is 64.7 Å². The van der Waals surface area contributed by atoms with Gasteiger partial charge in [-0.05, 0) is 42.5 Å². The van der Waals surface area contributed by atoms with Gasteiger partial charge < -0.3 is 5.73 Å². The van der Waals surface area contributed by atoms with Gasteiger partial charge in [0.2, 0.25) is 5.95 Å². The number of hydrogen-bond acceptors (Lipinski definition) is 4. The molecule has 0 aliphatic heterocycles. The van der Waals surface area contributed by atoms with E-state index in [1.54, 1.807) is 0 Å². The highest BCUT2D eigenvalue weighted by Crippen LogP contribution is 2.42. The molecule has 1 fully saturated rings. The second-order valence-corrected chi connectivity index (χ2v) is 6.22. The average Bonchev–Trinajstić information content (AvgIpc) is 3.40. The third kappa shape index (κ3) is 2.90. The number of anilines is 1. The number of hydrogen-bond donors (Lipinski definition) is 1. The van der Waals surface area contributed by atoms with E-state index in [9.17, 15) is 0 Å². The Kier molecular flexibility index (Phi) is 3.46. The van der Waals surface area contributed by atoms with Crippen molar-refractivity contribution in [3.05, 3.63) is 59.1 Å². The molecule has 1 saturated carbocycles. The van der Waals surface area contributed by atoms with Crippen LogP contribution < -0.4 is 5.73 Å². The van der Waals surface area contributed by atoms with Crippen molar-refractivity contribution >= 4 is 17.5 Å². The van der Waals surface area contributed by atoms with Gasteiger partial charge in [-0.25, -0.2) is 4.98 Å². The van der Waals surface area contributed by atoms with E-state index >= 15 is 0 Å². The molecule has 1 aliphatic carbocycles. The minimum atomic E-state index is 0.164. The van der Waals surface area contributed by atoms with E-state index in [1.165, 1.54) is 18.4 Å². The lowest BCUT2D eigenvalue weighted by Crippen LogP contribution is -2.02. The molecule has 1 aromatic heterocycles. The van der Waals surface area contributed by atoms with Gasteiger partial charge in [0.15, 0.2) is 0 Å². The molecular weight excluding hydrogens is 308 g/mol. The standard InChI is InChI=1S/C18H15ClN4/c19-15-9-13(11-6-7-11)8-14(10-15)17-16(21-18(20)23-22-17)12-4-2-1-3-5-12/h1-5,8-11H,6-7H2,(H2,20,21,23). The summed E-state index contributed by atoms with van der Waals surface area (Å²) in [5.41, 5.74) is 10.3. The summed E-state index contributed by atoms with van der Waals surface area (Å²) in [6.07, 6.45) is 2.44. The van der Waals surface area contributed by atoms with Gasteiger partial charge >= 0.3 is 0 Å². The fourth-order valence-electron chi connectivity index (χ4n) is 2.73. The van der Waals surface area contributed by atoms with Crippen molar-refractivity contribution in [3.63, 3.8) is 0 Å². The van der Waals surface area contributed by atoms with Gasteiger partial charge in [-0.1, -0.05) is 41.9 Å². The zero-order chi connectivity index (χ0) is 15.8. The molecule has 114 valence electrons. The van der Waals surface area contributed by atoms with Crippen LogP contribution in [0.15, 0.2) is 48.5 Å². The third-order valence-corrected chi connectivity index (χ3v) is 4.21. The summed E-state index contributed by atoms with van der Waals surface area (Å²) in [5.74, 6) is 0.777. The zero-order valence-electron chi connectivity index (χ0n) is 12.4. The van der Waals surface area contributed by atoms with E-state index in [1.807, 2.05) is 42.5 Å². The normalized spacial score (nSPS) is 14.0. The van der Waals surface area contributed by atoms with E-state index in [0.717, 1.165) is 16.8 Å². The first-order valence-electron chi connectivity index (χ1n) is 7.57. The van der Waals surface area contributed by atoms with Gasteiger partial charge in [0.1, 0.15) is 11.4 Å². The van der Waals surface area contributed by atoms with Crippen molar-refractivity contribution in [1.82, 2.24) is 15.2 Å². The summed E-state index contributed by atoms with van der Waals surface area (Å²) in [6.45, 7) is 0. The first-order valence-corrected chi connectivity index (χ1v) is 7.95. The highest BCUT2D eigenvalue weighted by molar-refractivity contribution is 6.31. The quantitative estimate of drug-likeness (QED) is 0.780. The molecule has 2 N–H and O–H groups in total. The lowest BCUT2D eigenvalue weighted by molar-refractivity contribution is 0.996. The summed E-state index contributed by atoms with van der Waals surface area (Å²) in [7, 11) is 0. The van der Waals surface area contributed by atoms with Gasteiger partial charge in [-0.3, -0.25) is 0 Å². The number of halogens is 1. The molecule has 0 bridgehead atoms. The van der Waals surface area contributed by atoms with E-state index in [2.05, 4.69) is 21.2 Å². The Bertz CT molecular complexity index is 860. The van der Waals surface area contributed by atoms with Crippen LogP contribution in [0.3, 0.4) is 0 Å². The number of nitrogens with zero attached hydrogens (tertiary/aromatic N) is 3. The maximum atomic E-state index is 6.31. The Balaban J connectivity index is 1.89. The van der Waals surface area contributed by atoms with Gasteiger partial charge in [-0.15, -0.1) is 10.2 Å². The third-order valence-electron chi connectivity index (χ3n) is 3.99. The molecule has 0 atom stereocenters. The van der Waals surface area contributed by atoms with Gasteiger partial charge in [0.25, 0.3) is 0 Å². The van der Waals surface area contributed by atoms with Crippen molar-refractivity contribution in [2.45, 2.75) is 18.8 Å². The summed E-state index contributed by atoms with van der Waals surface area (Å²) in [6, 6.07) is 15.9. The summed E-state index contributed by atoms with van der Waals surface area (Å²) in [5, 5.41) is 8.94. The fraction of sp³-hybridized carbons (Fsp3) is 0.167. The SMILES string of the molecule is Nc1nnc(-c2cc(Cl)cc(C3CC3)c2)c(-c2ccccc2)n1. The molecule has 0 unspecified atom stereocenters. The van der Waals surface area contributed by atoms with Crippen LogP contribution in [0.1, 0.15) is 24.3 Å². The van der Waals surface area contributed by atoms with Crippen LogP contribution in [0.25, 0.3) is 22.5 Å². The molecule has 4 nitrogen and oxygen atoms in total. The minimum absolute atomic E-state index is 0.164. The molecule has 1 aliphatic rings. The second kappa shape index (κ2) is 5.63. The zero-order valence-corrected chi connectivity index (χ0v) is 13.2.